The summed E-state index contributed by atoms with van der Waals surface area (Å²) in [5, 5.41) is 6.99. The van der Waals surface area contributed by atoms with Crippen molar-refractivity contribution < 1.29 is 28.6 Å². The van der Waals surface area contributed by atoms with Crippen LogP contribution >= 0.6 is 0 Å². The van der Waals surface area contributed by atoms with E-state index in [0.29, 0.717) is 11.5 Å². The van der Waals surface area contributed by atoms with Gasteiger partial charge in [0.2, 0.25) is 0 Å². The molecule has 3 heterocycles. The molecule has 0 spiro atoms. The molecule has 0 aliphatic carbocycles. The molecule has 12 rings (SSSR count). The Kier molecular flexibility index (Phi) is 14.0. The van der Waals surface area contributed by atoms with Crippen molar-refractivity contribution in [2.45, 2.75) is 125 Å². The molecule has 6 heteroatoms. The van der Waals surface area contributed by atoms with Gasteiger partial charge in [-0.05, 0) is 138 Å². The molecule has 405 valence electrons. The van der Waals surface area contributed by atoms with E-state index < -0.39 is 6.85 Å². The Morgan fingerprint density at radius 2 is 1.16 bits per heavy atom. The second-order valence-electron chi connectivity index (χ2n) is 25.0. The number of hydrogen-bond acceptors (Lipinski definition) is 4. The van der Waals surface area contributed by atoms with Crippen LogP contribution in [-0.2, 0) is 36.4 Å². The van der Waals surface area contributed by atoms with Crippen LogP contribution in [0.5, 0.6) is 0 Å². The van der Waals surface area contributed by atoms with Crippen LogP contribution in [0.15, 0.2) is 174 Å². The summed E-state index contributed by atoms with van der Waals surface area (Å²) in [6.45, 7) is 26.7. The van der Waals surface area contributed by atoms with Gasteiger partial charge in [0.1, 0.15) is 5.58 Å². The third-order valence-corrected chi connectivity index (χ3v) is 15.4. The van der Waals surface area contributed by atoms with Crippen molar-refractivity contribution in [1.82, 2.24) is 19.5 Å². The monoisotopic (exact) mass is 1230 g/mol. The molecule has 0 saturated heterocycles. The maximum absolute atomic E-state index is 7.61. The molecule has 0 aliphatic heterocycles. The fourth-order valence-corrected chi connectivity index (χ4v) is 10.9. The zero-order valence-electron chi connectivity index (χ0n) is 51.4. The Bertz CT molecular complexity index is 4320. The molecule has 0 atom stereocenters. The van der Waals surface area contributed by atoms with Gasteiger partial charge in [-0.3, -0.25) is 15.0 Å². The Morgan fingerprint density at radius 3 is 1.79 bits per heavy atom. The van der Waals surface area contributed by atoms with Gasteiger partial charge < -0.3 is 8.98 Å². The Hall–Kier alpha value is -7.50. The van der Waals surface area contributed by atoms with E-state index in [2.05, 4.69) is 229 Å². The zero-order chi connectivity index (χ0) is 58.2. The summed E-state index contributed by atoms with van der Waals surface area (Å²) < 4.78 is 32.2. The summed E-state index contributed by atoms with van der Waals surface area (Å²) in [6.07, 6.45) is 1.41. The smallest absolute Gasteiger partial charge is 0.121 e. The molecule has 0 N–H and O–H groups in total. The topological polar surface area (TPSA) is 56.7 Å². The van der Waals surface area contributed by atoms with E-state index in [9.17, 15) is 0 Å². The SMILES string of the molecule is CC(C)c1cc(-c2ccc(-c3cc(C(C)(C)C)cc(C(C)(C)C)c3)cc2)cc(C(C)C)c1-n1c(-c2[c-]ccc3c2oc2cc4c(ccc5ccccc54)cc23)nc2ccccc21.[2H]C([2H])([2H])c1cnc(-c2[c-]cccc2)nc1C(C)(C)C.[Ir]. The largest absolute Gasteiger partial charge is 0.501 e. The Labute approximate surface area is 491 Å². The minimum Gasteiger partial charge on any atom is -0.501 e. The molecule has 1 radical (unpaired) electrons. The number of rotatable bonds is 7. The van der Waals surface area contributed by atoms with Crippen molar-refractivity contribution in [2.24, 2.45) is 0 Å². The Morgan fingerprint density at radius 1 is 0.537 bits per heavy atom. The number of imidazole rings is 1. The summed E-state index contributed by atoms with van der Waals surface area (Å²) in [4.78, 5) is 14.1. The molecule has 0 aliphatic rings. The van der Waals surface area contributed by atoms with Crippen LogP contribution in [0, 0.1) is 19.0 Å². The van der Waals surface area contributed by atoms with Crippen molar-refractivity contribution in [3.63, 3.8) is 0 Å². The first-order valence-corrected chi connectivity index (χ1v) is 27.8. The summed E-state index contributed by atoms with van der Waals surface area (Å²) in [5.41, 5.74) is 17.2. The second-order valence-corrected chi connectivity index (χ2v) is 25.0. The van der Waals surface area contributed by atoms with E-state index in [0.717, 1.165) is 49.9 Å². The van der Waals surface area contributed by atoms with Crippen LogP contribution in [0.4, 0.5) is 0 Å². The van der Waals surface area contributed by atoms with Gasteiger partial charge in [-0.25, -0.2) is 0 Å². The fourth-order valence-electron chi connectivity index (χ4n) is 10.9. The molecule has 12 aromatic rings. The molecule has 3 aromatic heterocycles. The van der Waals surface area contributed by atoms with Crippen molar-refractivity contribution in [3.05, 3.63) is 216 Å². The van der Waals surface area contributed by atoms with Gasteiger partial charge in [0.25, 0.3) is 0 Å². The molecule has 0 unspecified atom stereocenters. The van der Waals surface area contributed by atoms with Crippen LogP contribution in [0.2, 0.25) is 0 Å². The number of nitrogens with zero attached hydrogens (tertiary/aromatic N) is 4. The summed E-state index contributed by atoms with van der Waals surface area (Å²) >= 11 is 0. The molecule has 80 heavy (non-hydrogen) atoms. The molecule has 0 bridgehead atoms. The van der Waals surface area contributed by atoms with Gasteiger partial charge in [0, 0.05) is 52.6 Å². The number of para-hydroxylation sites is 2. The normalized spacial score (nSPS) is 13.0. The van der Waals surface area contributed by atoms with Crippen LogP contribution in [0.25, 0.3) is 105 Å². The minimum atomic E-state index is -2.21. The van der Waals surface area contributed by atoms with E-state index in [1.165, 1.54) is 77.9 Å². The maximum Gasteiger partial charge on any atom is 0.121 e. The van der Waals surface area contributed by atoms with Gasteiger partial charge in [-0.2, -0.15) is 0 Å². The zero-order valence-corrected chi connectivity index (χ0v) is 50.7. The van der Waals surface area contributed by atoms with E-state index in [1.807, 2.05) is 45.0 Å². The molecule has 0 amide bonds. The number of hydrogen-bond donors (Lipinski definition) is 0. The van der Waals surface area contributed by atoms with Gasteiger partial charge in [-0.1, -0.05) is 192 Å². The number of benzene rings is 9. The summed E-state index contributed by atoms with van der Waals surface area (Å²) in [6, 6.07) is 65.5. The molecule has 0 fully saturated rings. The number of fused-ring (bicyclic) bond motifs is 7. The molecular formula is C74H72IrN4O-2. The van der Waals surface area contributed by atoms with Crippen LogP contribution < -0.4 is 0 Å². The average molecular weight is 1230 g/mol. The first-order valence-electron chi connectivity index (χ1n) is 29.3. The molecular weight excluding hydrogens is 1150 g/mol. The maximum atomic E-state index is 7.61. The molecule has 0 saturated carbocycles. The van der Waals surface area contributed by atoms with Crippen molar-refractivity contribution in [2.75, 3.05) is 0 Å². The van der Waals surface area contributed by atoms with E-state index in [1.54, 1.807) is 6.07 Å². The summed E-state index contributed by atoms with van der Waals surface area (Å²) in [5.74, 6) is 1.81. The van der Waals surface area contributed by atoms with Gasteiger partial charge in [0.15, 0.2) is 0 Å². The second kappa shape index (κ2) is 21.5. The number of aromatic nitrogens is 4. The first kappa shape index (κ1) is 51.9. The summed E-state index contributed by atoms with van der Waals surface area (Å²) in [7, 11) is 0. The van der Waals surface area contributed by atoms with E-state index in [4.69, 9.17) is 13.5 Å². The predicted molar refractivity (Wildman–Crippen MR) is 334 cm³/mol. The van der Waals surface area contributed by atoms with Crippen molar-refractivity contribution >= 4 is 54.5 Å². The van der Waals surface area contributed by atoms with Crippen LogP contribution in [-0.4, -0.2) is 19.5 Å². The van der Waals surface area contributed by atoms with Gasteiger partial charge in [-0.15, -0.1) is 54.1 Å². The van der Waals surface area contributed by atoms with Crippen molar-refractivity contribution in [3.8, 4) is 50.7 Å². The molecule has 9 aromatic carbocycles. The minimum absolute atomic E-state index is 0. The average Bonchev–Trinajstić information content (AvgIpc) is 2.08. The fraction of sp³-hybridized carbons (Fsp3) is 0.257. The van der Waals surface area contributed by atoms with Gasteiger partial charge in [0.05, 0.1) is 28.3 Å². The predicted octanol–water partition coefficient (Wildman–Crippen LogP) is 20.4. The first-order chi connectivity index (χ1) is 38.8. The Balaban J connectivity index is 0.000000311. The van der Waals surface area contributed by atoms with Gasteiger partial charge >= 0.3 is 0 Å². The van der Waals surface area contributed by atoms with Crippen molar-refractivity contribution in [1.29, 1.82) is 0 Å². The number of aryl methyl sites for hydroxylation is 1. The third kappa shape index (κ3) is 10.7. The van der Waals surface area contributed by atoms with Crippen LogP contribution in [0.3, 0.4) is 0 Å². The standard InChI is InChI=1S/C59H55N2O.C15H17N2.Ir/c1-35(2)48-31-42(38-24-22-37(23-25-38)41-28-43(58(5,6)7)33-44(29-41)59(8,9)10)32-49(36(3)4)55(48)61-53-21-14-13-20-52(53)60-57(61)47-19-15-18-46-51-30-40-27-26-39-16-11-12-17-45(39)50(40)34-54(51)62-56(46)47;1-11-10-16-14(12-8-6-5-7-9-12)17-13(11)15(2,3)4;/h11-18,20-36H,1-10H3;5-8,10H,1-4H3;/q2*-1;/i;1D3;. The van der Waals surface area contributed by atoms with E-state index in [-0.39, 0.29) is 53.7 Å². The third-order valence-electron chi connectivity index (χ3n) is 15.4. The van der Waals surface area contributed by atoms with E-state index >= 15 is 0 Å². The number of furan rings is 1. The van der Waals surface area contributed by atoms with Crippen LogP contribution in [0.1, 0.15) is 139 Å². The molecule has 5 nitrogen and oxygen atoms in total. The quantitative estimate of drug-likeness (QED) is 0.118.